The fourth-order valence-electron chi connectivity index (χ4n) is 4.58. The number of piperidine rings is 1. The molecular weight excluding hydrogens is 459 g/mol. The quantitative estimate of drug-likeness (QED) is 0.546. The van der Waals surface area contributed by atoms with Crippen molar-refractivity contribution < 1.29 is 17.9 Å². The van der Waals surface area contributed by atoms with Gasteiger partial charge in [0.25, 0.3) is 0 Å². The Balaban J connectivity index is 1.69. The number of β-amino-alcohol motifs (C(OH)–C–C–N with tert-alkyl or cyclic N) is 1. The van der Waals surface area contributed by atoms with Crippen LogP contribution >= 0.6 is 0 Å². The normalized spacial score (nSPS) is 19.8. The zero-order valence-corrected chi connectivity index (χ0v) is 20.9. The topological polar surface area (TPSA) is 113 Å². The highest BCUT2D eigenvalue weighted by molar-refractivity contribution is 7.88. The minimum atomic E-state index is -3.37. The lowest BCUT2D eigenvalue weighted by Gasteiger charge is -2.34. The van der Waals surface area contributed by atoms with Gasteiger partial charge >= 0.3 is 0 Å². The maximum absolute atomic E-state index is 15.1. The lowest BCUT2D eigenvalue weighted by atomic mass is 10.0. The van der Waals surface area contributed by atoms with Crippen LogP contribution in [0.2, 0.25) is 0 Å². The monoisotopic (exact) mass is 490 g/mol. The van der Waals surface area contributed by atoms with Crippen molar-refractivity contribution in [3.8, 4) is 11.3 Å². The van der Waals surface area contributed by atoms with E-state index >= 15 is 4.39 Å². The van der Waals surface area contributed by atoms with Crippen LogP contribution in [0.1, 0.15) is 44.6 Å². The fraction of sp³-hybridized carbons (Fsp3) is 0.522. The van der Waals surface area contributed by atoms with E-state index in [1.165, 1.54) is 10.4 Å². The van der Waals surface area contributed by atoms with Gasteiger partial charge in [-0.05, 0) is 51.3 Å². The van der Waals surface area contributed by atoms with E-state index in [0.29, 0.717) is 47.6 Å². The maximum Gasteiger partial charge on any atom is 0.223 e. The maximum atomic E-state index is 15.1. The molecular formula is C23H31FN6O3S. The van der Waals surface area contributed by atoms with Crippen LogP contribution in [0.3, 0.4) is 0 Å². The molecule has 2 N–H and O–H groups in total. The largest absolute Gasteiger partial charge is 0.390 e. The van der Waals surface area contributed by atoms with Gasteiger partial charge in [0.2, 0.25) is 16.0 Å². The van der Waals surface area contributed by atoms with Crippen LogP contribution in [0.15, 0.2) is 18.3 Å². The molecule has 1 aliphatic heterocycles. The van der Waals surface area contributed by atoms with Crippen LogP contribution in [0, 0.1) is 12.7 Å². The first-order chi connectivity index (χ1) is 16.0. The summed E-state index contributed by atoms with van der Waals surface area (Å²) in [6.07, 6.45) is 3.01. The second kappa shape index (κ2) is 9.20. The van der Waals surface area contributed by atoms with E-state index in [1.54, 1.807) is 6.20 Å². The van der Waals surface area contributed by atoms with Crippen LogP contribution in [0.25, 0.3) is 22.3 Å². The molecule has 1 aromatic carbocycles. The van der Waals surface area contributed by atoms with Crippen molar-refractivity contribution in [3.63, 3.8) is 0 Å². The molecule has 0 bridgehead atoms. The van der Waals surface area contributed by atoms with E-state index in [2.05, 4.69) is 20.3 Å². The number of rotatable bonds is 6. The summed E-state index contributed by atoms with van der Waals surface area (Å²) in [4.78, 5) is 13.5. The number of nitrogens with one attached hydrogen (secondary N) is 1. The van der Waals surface area contributed by atoms with E-state index < -0.39 is 28.0 Å². The first-order valence-electron chi connectivity index (χ1n) is 11.4. The number of aliphatic hydroxyl groups is 1. The lowest BCUT2D eigenvalue weighted by molar-refractivity contribution is 0.0950. The highest BCUT2D eigenvalue weighted by atomic mass is 32.2. The summed E-state index contributed by atoms with van der Waals surface area (Å²) < 4.78 is 41.9. The molecule has 1 aliphatic rings. The van der Waals surface area contributed by atoms with Crippen molar-refractivity contribution in [1.82, 2.24) is 23.8 Å². The molecule has 0 radical (unpaired) electrons. The fourth-order valence-corrected chi connectivity index (χ4v) is 5.44. The van der Waals surface area contributed by atoms with Gasteiger partial charge in [0.15, 0.2) is 5.82 Å². The SMILES string of the molecule is CCc1cnc(NC2CCN(S(C)(=O)=O)C[C@H]2O)nc1-c1cc(F)c2nc(C)n(C(C)C)c2c1. The van der Waals surface area contributed by atoms with Gasteiger partial charge in [-0.25, -0.2) is 27.8 Å². The van der Waals surface area contributed by atoms with Crippen molar-refractivity contribution in [2.45, 2.75) is 58.7 Å². The van der Waals surface area contributed by atoms with E-state index in [1.807, 2.05) is 38.3 Å². The van der Waals surface area contributed by atoms with Crippen molar-refractivity contribution in [2.75, 3.05) is 24.7 Å². The second-order valence-corrected chi connectivity index (χ2v) is 11.1. The Morgan fingerprint density at radius 3 is 2.65 bits per heavy atom. The molecule has 3 heterocycles. The average molecular weight is 491 g/mol. The Kier molecular flexibility index (Phi) is 6.63. The predicted molar refractivity (Wildman–Crippen MR) is 130 cm³/mol. The molecule has 9 nitrogen and oxygen atoms in total. The summed E-state index contributed by atoms with van der Waals surface area (Å²) in [5.41, 5.74) is 3.14. The molecule has 1 saturated heterocycles. The minimum Gasteiger partial charge on any atom is -0.390 e. The number of sulfonamides is 1. The summed E-state index contributed by atoms with van der Waals surface area (Å²) >= 11 is 0. The van der Waals surface area contributed by atoms with Gasteiger partial charge in [-0.15, -0.1) is 0 Å². The summed E-state index contributed by atoms with van der Waals surface area (Å²) in [6, 6.07) is 3.07. The Morgan fingerprint density at radius 1 is 1.29 bits per heavy atom. The molecule has 0 amide bonds. The Hall–Kier alpha value is -2.63. The number of imidazole rings is 1. The summed E-state index contributed by atoms with van der Waals surface area (Å²) in [5.74, 6) is 0.642. The van der Waals surface area contributed by atoms with Crippen LogP contribution in [-0.4, -0.2) is 68.8 Å². The molecule has 4 rings (SSSR count). The third-order valence-corrected chi connectivity index (χ3v) is 7.56. The highest BCUT2D eigenvalue weighted by Crippen LogP contribution is 2.31. The number of hydrogen-bond donors (Lipinski definition) is 2. The average Bonchev–Trinajstić information content (AvgIpc) is 3.11. The van der Waals surface area contributed by atoms with Crippen molar-refractivity contribution in [2.24, 2.45) is 0 Å². The van der Waals surface area contributed by atoms with Gasteiger partial charge in [-0.2, -0.15) is 4.31 Å². The first kappa shape index (κ1) is 24.5. The number of aliphatic hydroxyl groups excluding tert-OH is 1. The van der Waals surface area contributed by atoms with Gasteiger partial charge in [0.1, 0.15) is 11.3 Å². The van der Waals surface area contributed by atoms with Gasteiger partial charge in [-0.3, -0.25) is 0 Å². The molecule has 2 aromatic heterocycles. The zero-order valence-electron chi connectivity index (χ0n) is 20.1. The van der Waals surface area contributed by atoms with Crippen molar-refractivity contribution >= 4 is 27.0 Å². The minimum absolute atomic E-state index is 0.0107. The smallest absolute Gasteiger partial charge is 0.223 e. The number of halogens is 1. The van der Waals surface area contributed by atoms with E-state index in [9.17, 15) is 13.5 Å². The third-order valence-electron chi connectivity index (χ3n) is 6.29. The van der Waals surface area contributed by atoms with Crippen LogP contribution in [0.5, 0.6) is 0 Å². The van der Waals surface area contributed by atoms with Crippen molar-refractivity contribution in [1.29, 1.82) is 0 Å². The number of nitrogens with zero attached hydrogens (tertiary/aromatic N) is 5. The Bertz CT molecular complexity index is 1320. The standard InChI is InChI=1S/C23H31FN6O3S/c1-6-15-11-25-23(27-18-7-8-29(12-20(18)31)34(5,32)33)28-21(15)16-9-17(24)22-19(10-16)30(13(2)3)14(4)26-22/h9-11,13,18,20,31H,6-8,12H2,1-5H3,(H,25,27,28)/t18?,20-/m1/s1. The molecule has 0 saturated carbocycles. The van der Waals surface area contributed by atoms with Gasteiger partial charge in [-0.1, -0.05) is 6.92 Å². The molecule has 1 fully saturated rings. The summed E-state index contributed by atoms with van der Waals surface area (Å²) in [7, 11) is -3.37. The molecule has 0 aliphatic carbocycles. The zero-order chi connectivity index (χ0) is 24.8. The van der Waals surface area contributed by atoms with Gasteiger partial charge in [0, 0.05) is 30.9 Å². The molecule has 0 spiro atoms. The number of anilines is 1. The van der Waals surface area contributed by atoms with Crippen molar-refractivity contribution in [3.05, 3.63) is 35.5 Å². The van der Waals surface area contributed by atoms with Crippen LogP contribution in [0.4, 0.5) is 10.3 Å². The second-order valence-electron chi connectivity index (χ2n) is 9.10. The summed E-state index contributed by atoms with van der Waals surface area (Å²) in [6.45, 7) is 8.22. The lowest BCUT2D eigenvalue weighted by Crippen LogP contribution is -2.51. The highest BCUT2D eigenvalue weighted by Gasteiger charge is 2.32. The molecule has 2 atom stereocenters. The number of hydrogen-bond acceptors (Lipinski definition) is 7. The number of aromatic nitrogens is 4. The third kappa shape index (κ3) is 4.64. The predicted octanol–water partition coefficient (Wildman–Crippen LogP) is 2.89. The number of benzene rings is 1. The summed E-state index contributed by atoms with van der Waals surface area (Å²) in [5, 5.41) is 13.7. The van der Waals surface area contributed by atoms with E-state index in [-0.39, 0.29) is 12.6 Å². The van der Waals surface area contributed by atoms with Crippen LogP contribution in [-0.2, 0) is 16.4 Å². The van der Waals surface area contributed by atoms with Crippen LogP contribution < -0.4 is 5.32 Å². The first-order valence-corrected chi connectivity index (χ1v) is 13.3. The molecule has 11 heteroatoms. The van der Waals surface area contributed by atoms with Gasteiger partial charge < -0.3 is 15.0 Å². The molecule has 3 aromatic rings. The number of aryl methyl sites for hydroxylation is 2. The van der Waals surface area contributed by atoms with E-state index in [4.69, 9.17) is 0 Å². The molecule has 184 valence electrons. The van der Waals surface area contributed by atoms with E-state index in [0.717, 1.165) is 17.6 Å². The molecule has 34 heavy (non-hydrogen) atoms. The Labute approximate surface area is 199 Å². The number of fused-ring (bicyclic) bond motifs is 1. The Morgan fingerprint density at radius 2 is 2.03 bits per heavy atom. The molecule has 1 unspecified atom stereocenters. The van der Waals surface area contributed by atoms with Gasteiger partial charge in [0.05, 0.1) is 29.6 Å².